The normalized spacial score (nSPS) is 18.2. The first-order valence-corrected chi connectivity index (χ1v) is 7.73. The molecule has 1 N–H and O–H groups in total. The Morgan fingerprint density at radius 2 is 1.67 bits per heavy atom. The van der Waals surface area contributed by atoms with Crippen LogP contribution in [-0.2, 0) is 0 Å². The lowest BCUT2D eigenvalue weighted by atomic mass is 9.90. The molecule has 0 radical (unpaired) electrons. The topological polar surface area (TPSA) is 37.8 Å². The highest BCUT2D eigenvalue weighted by Gasteiger charge is 2.18. The van der Waals surface area contributed by atoms with E-state index in [1.54, 1.807) is 0 Å². The smallest absolute Gasteiger partial charge is 0.144 e. The van der Waals surface area contributed by atoms with E-state index in [1.807, 2.05) is 14.0 Å². The van der Waals surface area contributed by atoms with Gasteiger partial charge in [-0.15, -0.1) is 0 Å². The van der Waals surface area contributed by atoms with Gasteiger partial charge in [0.1, 0.15) is 11.6 Å². The molecule has 2 rings (SSSR count). The zero-order chi connectivity index (χ0) is 13.0. The summed E-state index contributed by atoms with van der Waals surface area (Å²) in [6, 6.07) is 0. The van der Waals surface area contributed by atoms with Crippen molar-refractivity contribution in [3.05, 3.63) is 16.0 Å². The molecule has 3 nitrogen and oxygen atoms in total. The van der Waals surface area contributed by atoms with Crippen LogP contribution in [0.25, 0.3) is 0 Å². The van der Waals surface area contributed by atoms with Crippen molar-refractivity contribution in [2.45, 2.75) is 57.8 Å². The molecule has 0 aromatic carbocycles. The van der Waals surface area contributed by atoms with Crippen LogP contribution in [0.2, 0.25) is 0 Å². The van der Waals surface area contributed by atoms with E-state index in [1.165, 1.54) is 44.9 Å². The number of hydrogen-bond donors (Lipinski definition) is 1. The molecule has 4 heteroatoms. The van der Waals surface area contributed by atoms with Gasteiger partial charge in [0.2, 0.25) is 0 Å². The second-order valence-corrected chi connectivity index (χ2v) is 5.91. The first-order valence-electron chi connectivity index (χ1n) is 6.94. The van der Waals surface area contributed by atoms with Gasteiger partial charge in [0.05, 0.1) is 10.2 Å². The molecule has 0 atom stereocenters. The third-order valence-electron chi connectivity index (χ3n) is 3.74. The number of nitrogens with zero attached hydrogens (tertiary/aromatic N) is 2. The van der Waals surface area contributed by atoms with Crippen molar-refractivity contribution in [1.29, 1.82) is 0 Å². The lowest BCUT2D eigenvalue weighted by molar-refractivity contribution is 0.442. The third kappa shape index (κ3) is 3.22. The fourth-order valence-corrected chi connectivity index (χ4v) is 3.02. The van der Waals surface area contributed by atoms with Gasteiger partial charge in [-0.3, -0.25) is 0 Å². The maximum absolute atomic E-state index is 4.68. The van der Waals surface area contributed by atoms with Crippen LogP contribution in [0, 0.1) is 6.92 Å². The maximum atomic E-state index is 4.68. The maximum Gasteiger partial charge on any atom is 0.144 e. The number of rotatable bonds is 2. The molecular formula is C14H22BrN3. The molecule has 100 valence electrons. The lowest BCUT2D eigenvalue weighted by Gasteiger charge is -2.19. The molecule has 1 aliphatic carbocycles. The van der Waals surface area contributed by atoms with Crippen LogP contribution in [0.3, 0.4) is 0 Å². The summed E-state index contributed by atoms with van der Waals surface area (Å²) in [4.78, 5) is 9.36. The van der Waals surface area contributed by atoms with Gasteiger partial charge >= 0.3 is 0 Å². The van der Waals surface area contributed by atoms with E-state index in [4.69, 9.17) is 0 Å². The summed E-state index contributed by atoms with van der Waals surface area (Å²) in [5, 5.41) is 3.15. The minimum absolute atomic E-state index is 0.546. The quantitative estimate of drug-likeness (QED) is 0.878. The van der Waals surface area contributed by atoms with Crippen molar-refractivity contribution in [1.82, 2.24) is 9.97 Å². The van der Waals surface area contributed by atoms with E-state index in [0.717, 1.165) is 21.8 Å². The van der Waals surface area contributed by atoms with Crippen molar-refractivity contribution in [2.75, 3.05) is 12.4 Å². The number of hydrogen-bond acceptors (Lipinski definition) is 3. The van der Waals surface area contributed by atoms with Crippen LogP contribution in [0.15, 0.2) is 4.47 Å². The minimum atomic E-state index is 0.546. The second kappa shape index (κ2) is 6.50. The van der Waals surface area contributed by atoms with Crippen molar-refractivity contribution >= 4 is 21.7 Å². The summed E-state index contributed by atoms with van der Waals surface area (Å²) in [7, 11) is 1.91. The van der Waals surface area contributed by atoms with E-state index in [-0.39, 0.29) is 0 Å². The predicted molar refractivity (Wildman–Crippen MR) is 79.1 cm³/mol. The predicted octanol–water partition coefficient (Wildman–Crippen LogP) is 4.42. The minimum Gasteiger partial charge on any atom is -0.372 e. The van der Waals surface area contributed by atoms with E-state index in [2.05, 4.69) is 31.2 Å². The SMILES string of the molecule is CNc1nc(C2CCCCCCC2)nc(C)c1Br. The average Bonchev–Trinajstić information content (AvgIpc) is 2.32. The Morgan fingerprint density at radius 3 is 2.28 bits per heavy atom. The van der Waals surface area contributed by atoms with Crippen molar-refractivity contribution in [3.8, 4) is 0 Å². The van der Waals surface area contributed by atoms with Crippen molar-refractivity contribution < 1.29 is 0 Å². The average molecular weight is 312 g/mol. The number of aromatic nitrogens is 2. The van der Waals surface area contributed by atoms with Crippen LogP contribution >= 0.6 is 15.9 Å². The van der Waals surface area contributed by atoms with Gasteiger partial charge in [-0.05, 0) is 35.7 Å². The molecule has 0 amide bonds. The zero-order valence-corrected chi connectivity index (χ0v) is 12.9. The Bertz CT molecular complexity index is 398. The zero-order valence-electron chi connectivity index (χ0n) is 11.3. The Morgan fingerprint density at radius 1 is 1.06 bits per heavy atom. The molecule has 0 bridgehead atoms. The van der Waals surface area contributed by atoms with Crippen LogP contribution in [-0.4, -0.2) is 17.0 Å². The summed E-state index contributed by atoms with van der Waals surface area (Å²) in [6.45, 7) is 2.04. The first-order chi connectivity index (χ1) is 8.72. The Kier molecular flexibility index (Phi) is 4.98. The van der Waals surface area contributed by atoms with Gasteiger partial charge in [-0.1, -0.05) is 32.1 Å². The highest BCUT2D eigenvalue weighted by molar-refractivity contribution is 9.10. The van der Waals surface area contributed by atoms with E-state index < -0.39 is 0 Å². The van der Waals surface area contributed by atoms with Gasteiger partial charge in [0, 0.05) is 13.0 Å². The number of halogens is 1. The van der Waals surface area contributed by atoms with E-state index in [0.29, 0.717) is 5.92 Å². The standard InChI is InChI=1S/C14H22BrN3/c1-10-12(15)14(16-2)18-13(17-10)11-8-6-4-3-5-7-9-11/h11H,3-9H2,1-2H3,(H,16,17,18). The molecule has 18 heavy (non-hydrogen) atoms. The molecular weight excluding hydrogens is 290 g/mol. The number of nitrogens with one attached hydrogen (secondary N) is 1. The van der Waals surface area contributed by atoms with Crippen molar-refractivity contribution in [2.24, 2.45) is 0 Å². The Labute approximate surface area is 118 Å². The van der Waals surface area contributed by atoms with E-state index in [9.17, 15) is 0 Å². The highest BCUT2D eigenvalue weighted by atomic mass is 79.9. The fourth-order valence-electron chi connectivity index (χ4n) is 2.64. The number of anilines is 1. The Balaban J connectivity index is 2.22. The van der Waals surface area contributed by atoms with Gasteiger partial charge in [-0.25, -0.2) is 9.97 Å². The van der Waals surface area contributed by atoms with Crippen LogP contribution < -0.4 is 5.32 Å². The summed E-state index contributed by atoms with van der Waals surface area (Å²) in [5.41, 5.74) is 1.03. The summed E-state index contributed by atoms with van der Waals surface area (Å²) < 4.78 is 0.986. The van der Waals surface area contributed by atoms with Crippen LogP contribution in [0.1, 0.15) is 62.4 Å². The van der Waals surface area contributed by atoms with Crippen LogP contribution in [0.5, 0.6) is 0 Å². The van der Waals surface area contributed by atoms with Crippen LogP contribution in [0.4, 0.5) is 5.82 Å². The number of aryl methyl sites for hydroxylation is 1. The monoisotopic (exact) mass is 311 g/mol. The lowest BCUT2D eigenvalue weighted by Crippen LogP contribution is -2.10. The first kappa shape index (κ1) is 13.8. The third-order valence-corrected chi connectivity index (χ3v) is 4.69. The molecule has 0 aliphatic heterocycles. The molecule has 1 aromatic rings. The molecule has 1 fully saturated rings. The summed E-state index contributed by atoms with van der Waals surface area (Å²) >= 11 is 3.54. The molecule has 1 saturated carbocycles. The van der Waals surface area contributed by atoms with Gasteiger partial charge in [0.15, 0.2) is 0 Å². The van der Waals surface area contributed by atoms with Crippen molar-refractivity contribution in [3.63, 3.8) is 0 Å². The highest BCUT2D eigenvalue weighted by Crippen LogP contribution is 2.31. The van der Waals surface area contributed by atoms with E-state index >= 15 is 0 Å². The molecule has 1 aromatic heterocycles. The fraction of sp³-hybridized carbons (Fsp3) is 0.714. The van der Waals surface area contributed by atoms with Gasteiger partial charge in [0.25, 0.3) is 0 Å². The second-order valence-electron chi connectivity index (χ2n) is 5.12. The summed E-state index contributed by atoms with van der Waals surface area (Å²) in [6.07, 6.45) is 9.25. The molecule has 0 unspecified atom stereocenters. The molecule has 1 aliphatic rings. The van der Waals surface area contributed by atoms with Gasteiger partial charge < -0.3 is 5.32 Å². The van der Waals surface area contributed by atoms with Gasteiger partial charge in [-0.2, -0.15) is 0 Å². The largest absolute Gasteiger partial charge is 0.372 e. The molecule has 1 heterocycles. The summed E-state index contributed by atoms with van der Waals surface area (Å²) in [5.74, 6) is 2.49. The Hall–Kier alpha value is -0.640. The molecule has 0 spiro atoms. The molecule has 0 saturated heterocycles.